The molecule has 23 heavy (non-hydrogen) atoms. The molecule has 2 aromatic carbocycles. The van der Waals surface area contributed by atoms with Crippen LogP contribution in [0.25, 0.3) is 0 Å². The van der Waals surface area contributed by atoms with E-state index in [0.717, 1.165) is 6.07 Å². The lowest BCUT2D eigenvalue weighted by Gasteiger charge is -2.10. The molecule has 0 unspecified atom stereocenters. The van der Waals surface area contributed by atoms with Gasteiger partial charge in [-0.1, -0.05) is 18.2 Å². The van der Waals surface area contributed by atoms with Crippen molar-refractivity contribution in [3.8, 4) is 0 Å². The number of anilines is 1. The van der Waals surface area contributed by atoms with Crippen LogP contribution in [0.3, 0.4) is 0 Å². The van der Waals surface area contributed by atoms with E-state index < -0.39 is 20.9 Å². The summed E-state index contributed by atoms with van der Waals surface area (Å²) in [6.45, 7) is 0. The molecule has 0 spiro atoms. The van der Waals surface area contributed by atoms with Crippen molar-refractivity contribution in [1.82, 2.24) is 0 Å². The smallest absolute Gasteiger partial charge is 0.339 e. The number of esters is 1. The SMILES string of the molecule is COC(=O)c1ccccc1NC(=O)c1cccc(S(=O)(=O)Cl)c1. The lowest BCUT2D eigenvalue weighted by atomic mass is 10.1. The molecule has 0 atom stereocenters. The molecule has 0 fully saturated rings. The van der Waals surface area contributed by atoms with E-state index in [1.807, 2.05) is 0 Å². The van der Waals surface area contributed by atoms with E-state index in [1.165, 1.54) is 37.4 Å². The molecule has 0 bridgehead atoms. The second kappa shape index (κ2) is 6.80. The molecule has 0 heterocycles. The number of hydrogen-bond acceptors (Lipinski definition) is 5. The van der Waals surface area contributed by atoms with Gasteiger partial charge in [0.25, 0.3) is 15.0 Å². The van der Waals surface area contributed by atoms with Crippen LogP contribution in [0, 0.1) is 0 Å². The summed E-state index contributed by atoms with van der Waals surface area (Å²) in [5, 5.41) is 2.54. The van der Waals surface area contributed by atoms with Gasteiger partial charge in [0.05, 0.1) is 23.3 Å². The highest BCUT2D eigenvalue weighted by Crippen LogP contribution is 2.19. The minimum absolute atomic E-state index is 0.0893. The Morgan fingerprint density at radius 2 is 1.78 bits per heavy atom. The molecule has 0 radical (unpaired) electrons. The van der Waals surface area contributed by atoms with Crippen molar-refractivity contribution in [1.29, 1.82) is 0 Å². The largest absolute Gasteiger partial charge is 0.465 e. The molecule has 2 aromatic rings. The second-order valence-electron chi connectivity index (χ2n) is 4.46. The Morgan fingerprint density at radius 1 is 1.09 bits per heavy atom. The normalized spacial score (nSPS) is 10.9. The Kier molecular flexibility index (Phi) is 5.02. The molecule has 2 rings (SSSR count). The highest BCUT2D eigenvalue weighted by atomic mass is 35.7. The van der Waals surface area contributed by atoms with Gasteiger partial charge in [-0.2, -0.15) is 0 Å². The van der Waals surface area contributed by atoms with Gasteiger partial charge < -0.3 is 10.1 Å². The Labute approximate surface area is 137 Å². The Balaban J connectivity index is 2.32. The molecular formula is C15H12ClNO5S. The lowest BCUT2D eigenvalue weighted by Crippen LogP contribution is -2.15. The van der Waals surface area contributed by atoms with Crippen LogP contribution in [0.2, 0.25) is 0 Å². The molecule has 0 aromatic heterocycles. The van der Waals surface area contributed by atoms with Crippen LogP contribution in [0.15, 0.2) is 53.4 Å². The molecule has 1 amide bonds. The number of amides is 1. The van der Waals surface area contributed by atoms with Crippen molar-refractivity contribution in [2.75, 3.05) is 12.4 Å². The van der Waals surface area contributed by atoms with Gasteiger partial charge in [0, 0.05) is 16.2 Å². The maximum atomic E-state index is 12.3. The Bertz CT molecular complexity index is 864. The summed E-state index contributed by atoms with van der Waals surface area (Å²) in [5.41, 5.74) is 0.527. The van der Waals surface area contributed by atoms with Crippen molar-refractivity contribution in [3.63, 3.8) is 0 Å². The summed E-state index contributed by atoms with van der Waals surface area (Å²) >= 11 is 0. The standard InChI is InChI=1S/C15H12ClNO5S/c1-22-15(19)12-7-2-3-8-13(12)17-14(18)10-5-4-6-11(9-10)23(16,20)21/h2-9H,1H3,(H,17,18). The number of para-hydroxylation sites is 1. The minimum Gasteiger partial charge on any atom is -0.465 e. The lowest BCUT2D eigenvalue weighted by molar-refractivity contribution is 0.0602. The molecular weight excluding hydrogens is 342 g/mol. The van der Waals surface area contributed by atoms with Gasteiger partial charge in [0.2, 0.25) is 0 Å². The highest BCUT2D eigenvalue weighted by molar-refractivity contribution is 8.13. The zero-order valence-corrected chi connectivity index (χ0v) is 13.5. The number of methoxy groups -OCH3 is 1. The fourth-order valence-electron chi connectivity index (χ4n) is 1.86. The van der Waals surface area contributed by atoms with Crippen molar-refractivity contribution >= 4 is 37.3 Å². The summed E-state index contributed by atoms with van der Waals surface area (Å²) in [4.78, 5) is 23.7. The predicted molar refractivity (Wildman–Crippen MR) is 85.2 cm³/mol. The number of ether oxygens (including phenoxy) is 1. The Morgan fingerprint density at radius 3 is 2.43 bits per heavy atom. The number of halogens is 1. The van der Waals surface area contributed by atoms with Crippen LogP contribution >= 0.6 is 10.7 Å². The van der Waals surface area contributed by atoms with E-state index in [-0.39, 0.29) is 21.7 Å². The van der Waals surface area contributed by atoms with Crippen LogP contribution in [-0.2, 0) is 13.8 Å². The number of carbonyl (C=O) groups is 2. The third kappa shape index (κ3) is 4.08. The van der Waals surface area contributed by atoms with Crippen molar-refractivity contribution in [2.24, 2.45) is 0 Å². The first-order valence-corrected chi connectivity index (χ1v) is 8.67. The fourth-order valence-corrected chi connectivity index (χ4v) is 2.66. The molecule has 0 aliphatic carbocycles. The molecule has 120 valence electrons. The summed E-state index contributed by atoms with van der Waals surface area (Å²) in [6, 6.07) is 11.6. The zero-order valence-electron chi connectivity index (χ0n) is 11.9. The van der Waals surface area contributed by atoms with Crippen molar-refractivity contribution in [2.45, 2.75) is 4.90 Å². The van der Waals surface area contributed by atoms with Crippen LogP contribution in [0.1, 0.15) is 20.7 Å². The predicted octanol–water partition coefficient (Wildman–Crippen LogP) is 2.65. The molecule has 1 N–H and O–H groups in total. The molecule has 8 heteroatoms. The number of hydrogen-bond donors (Lipinski definition) is 1. The van der Waals surface area contributed by atoms with Gasteiger partial charge in [-0.15, -0.1) is 0 Å². The fraction of sp³-hybridized carbons (Fsp3) is 0.0667. The Hall–Kier alpha value is -2.38. The first-order chi connectivity index (χ1) is 10.8. The van der Waals surface area contributed by atoms with E-state index in [4.69, 9.17) is 10.7 Å². The maximum Gasteiger partial charge on any atom is 0.339 e. The molecule has 0 aliphatic rings. The molecule has 0 saturated heterocycles. The molecule has 0 saturated carbocycles. The number of benzene rings is 2. The van der Waals surface area contributed by atoms with Gasteiger partial charge in [0.15, 0.2) is 0 Å². The minimum atomic E-state index is -3.94. The highest BCUT2D eigenvalue weighted by Gasteiger charge is 2.16. The first-order valence-electron chi connectivity index (χ1n) is 6.36. The van der Waals surface area contributed by atoms with Crippen LogP contribution in [0.5, 0.6) is 0 Å². The number of nitrogens with one attached hydrogen (secondary N) is 1. The monoisotopic (exact) mass is 353 g/mol. The van der Waals surface area contributed by atoms with Gasteiger partial charge in [0.1, 0.15) is 0 Å². The van der Waals surface area contributed by atoms with E-state index in [1.54, 1.807) is 12.1 Å². The van der Waals surface area contributed by atoms with E-state index in [9.17, 15) is 18.0 Å². The summed E-state index contributed by atoms with van der Waals surface area (Å²) < 4.78 is 27.3. The average molecular weight is 354 g/mol. The maximum absolute atomic E-state index is 12.3. The third-order valence-corrected chi connectivity index (χ3v) is 4.31. The zero-order chi connectivity index (χ0) is 17.0. The van der Waals surface area contributed by atoms with E-state index in [0.29, 0.717) is 0 Å². The van der Waals surface area contributed by atoms with Gasteiger partial charge in [-0.25, -0.2) is 13.2 Å². The van der Waals surface area contributed by atoms with Crippen molar-refractivity contribution in [3.05, 3.63) is 59.7 Å². The third-order valence-electron chi connectivity index (χ3n) is 2.96. The average Bonchev–Trinajstić information content (AvgIpc) is 2.54. The van der Waals surface area contributed by atoms with E-state index in [2.05, 4.69) is 10.1 Å². The number of rotatable bonds is 4. The summed E-state index contributed by atoms with van der Waals surface area (Å²) in [7, 11) is 2.55. The van der Waals surface area contributed by atoms with Crippen LogP contribution < -0.4 is 5.32 Å². The van der Waals surface area contributed by atoms with Gasteiger partial charge >= 0.3 is 5.97 Å². The van der Waals surface area contributed by atoms with Crippen LogP contribution in [0.4, 0.5) is 5.69 Å². The quantitative estimate of drug-likeness (QED) is 0.674. The van der Waals surface area contributed by atoms with Crippen LogP contribution in [-0.4, -0.2) is 27.4 Å². The van der Waals surface area contributed by atoms with Gasteiger partial charge in [-0.3, -0.25) is 4.79 Å². The molecule has 0 aliphatic heterocycles. The molecule has 6 nitrogen and oxygen atoms in total. The van der Waals surface area contributed by atoms with Crippen molar-refractivity contribution < 1.29 is 22.7 Å². The number of carbonyl (C=O) groups excluding carboxylic acids is 2. The topological polar surface area (TPSA) is 89.5 Å². The first kappa shape index (κ1) is 17.0. The van der Waals surface area contributed by atoms with E-state index >= 15 is 0 Å². The summed E-state index contributed by atoms with van der Waals surface area (Å²) in [6.07, 6.45) is 0. The second-order valence-corrected chi connectivity index (χ2v) is 7.02. The summed E-state index contributed by atoms with van der Waals surface area (Å²) in [5.74, 6) is -1.18. The van der Waals surface area contributed by atoms with Gasteiger partial charge in [-0.05, 0) is 30.3 Å².